The minimum absolute atomic E-state index is 0.0832. The van der Waals surface area contributed by atoms with Gasteiger partial charge in [0.15, 0.2) is 6.10 Å². The van der Waals surface area contributed by atoms with Gasteiger partial charge >= 0.3 is 17.9 Å². The van der Waals surface area contributed by atoms with Crippen molar-refractivity contribution in [2.24, 2.45) is 0 Å². The van der Waals surface area contributed by atoms with Crippen molar-refractivity contribution in [3.8, 4) is 0 Å². The summed E-state index contributed by atoms with van der Waals surface area (Å²) in [6.07, 6.45) is 93.3. The Morgan fingerprint density at radius 3 is 0.756 bits per heavy atom. The van der Waals surface area contributed by atoms with E-state index in [4.69, 9.17) is 14.2 Å². The Balaban J connectivity index is 4.25. The summed E-state index contributed by atoms with van der Waals surface area (Å²) < 4.78 is 17.0. The highest BCUT2D eigenvalue weighted by atomic mass is 16.6. The number of carbonyl (C=O) groups excluding carboxylic acids is 3. The van der Waals surface area contributed by atoms with Crippen molar-refractivity contribution in [2.75, 3.05) is 13.2 Å². The van der Waals surface area contributed by atoms with Crippen LogP contribution in [0, 0.1) is 0 Å². The van der Waals surface area contributed by atoms with E-state index in [1.165, 1.54) is 212 Å². The smallest absolute Gasteiger partial charge is 0.306 e. The Morgan fingerprint density at radius 1 is 0.256 bits per heavy atom. The zero-order valence-corrected chi connectivity index (χ0v) is 54.5. The Bertz CT molecular complexity index is 1550. The summed E-state index contributed by atoms with van der Waals surface area (Å²) in [5, 5.41) is 0. The molecule has 0 rings (SSSR count). The molecule has 474 valence electrons. The maximum Gasteiger partial charge on any atom is 0.306 e. The molecule has 0 N–H and O–H groups in total. The number of hydrogen-bond acceptors (Lipinski definition) is 6. The van der Waals surface area contributed by atoms with Crippen LogP contribution in [0.3, 0.4) is 0 Å². The molecule has 6 heteroatoms. The van der Waals surface area contributed by atoms with Crippen molar-refractivity contribution in [3.63, 3.8) is 0 Å². The van der Waals surface area contributed by atoms with E-state index < -0.39 is 6.10 Å². The zero-order chi connectivity index (χ0) is 59.2. The van der Waals surface area contributed by atoms with Crippen molar-refractivity contribution in [2.45, 2.75) is 367 Å². The number of allylic oxidation sites excluding steroid dienone is 14. The molecule has 0 aliphatic rings. The average Bonchev–Trinajstić information content (AvgIpc) is 3.47. The van der Waals surface area contributed by atoms with Crippen molar-refractivity contribution >= 4 is 17.9 Å². The summed E-state index contributed by atoms with van der Waals surface area (Å²) in [4.78, 5) is 38.4. The largest absolute Gasteiger partial charge is 0.462 e. The average molecular weight is 1140 g/mol. The Kier molecular flexibility index (Phi) is 67.2. The summed E-state index contributed by atoms with van der Waals surface area (Å²) in [6, 6.07) is 0. The van der Waals surface area contributed by atoms with Gasteiger partial charge in [-0.15, -0.1) is 0 Å². The molecule has 0 aliphatic carbocycles. The maximum atomic E-state index is 12.9. The van der Waals surface area contributed by atoms with Gasteiger partial charge in [-0.3, -0.25) is 14.4 Å². The number of esters is 3. The molecular formula is C76H134O6. The molecular weight excluding hydrogens is 1010 g/mol. The fraction of sp³-hybridized carbons (Fsp3) is 0.776. The van der Waals surface area contributed by atoms with E-state index in [9.17, 15) is 14.4 Å². The van der Waals surface area contributed by atoms with E-state index in [1.807, 2.05) is 0 Å². The minimum Gasteiger partial charge on any atom is -0.462 e. The molecule has 0 aromatic rings. The summed E-state index contributed by atoms with van der Waals surface area (Å²) in [5.41, 5.74) is 0. The van der Waals surface area contributed by atoms with E-state index in [0.29, 0.717) is 19.3 Å². The van der Waals surface area contributed by atoms with Gasteiger partial charge in [0.1, 0.15) is 13.2 Å². The molecule has 0 aliphatic heterocycles. The highest BCUT2D eigenvalue weighted by Crippen LogP contribution is 2.18. The third-order valence-electron chi connectivity index (χ3n) is 15.6. The van der Waals surface area contributed by atoms with Crippen LogP contribution in [-0.4, -0.2) is 37.2 Å². The van der Waals surface area contributed by atoms with Gasteiger partial charge in [0.05, 0.1) is 0 Å². The molecule has 0 bridgehead atoms. The molecule has 0 amide bonds. The highest BCUT2D eigenvalue weighted by Gasteiger charge is 2.19. The first-order valence-corrected chi connectivity index (χ1v) is 35.6. The Hall–Kier alpha value is -3.41. The second-order valence-electron chi connectivity index (χ2n) is 23.8. The van der Waals surface area contributed by atoms with E-state index in [1.54, 1.807) is 0 Å². The van der Waals surface area contributed by atoms with Gasteiger partial charge < -0.3 is 14.2 Å². The molecule has 0 saturated heterocycles. The van der Waals surface area contributed by atoms with Gasteiger partial charge in [0, 0.05) is 19.3 Å². The number of ether oxygens (including phenoxy) is 3. The van der Waals surface area contributed by atoms with Crippen LogP contribution in [0.5, 0.6) is 0 Å². The summed E-state index contributed by atoms with van der Waals surface area (Å²) in [5.74, 6) is -0.890. The lowest BCUT2D eigenvalue weighted by Gasteiger charge is -2.18. The predicted octanol–water partition coefficient (Wildman–Crippen LogP) is 24.6. The van der Waals surface area contributed by atoms with Crippen LogP contribution in [0.1, 0.15) is 361 Å². The van der Waals surface area contributed by atoms with Crippen LogP contribution in [0.25, 0.3) is 0 Å². The first kappa shape index (κ1) is 78.6. The molecule has 0 fully saturated rings. The van der Waals surface area contributed by atoms with Crippen LogP contribution in [-0.2, 0) is 28.6 Å². The molecule has 0 aromatic heterocycles. The second kappa shape index (κ2) is 70.1. The summed E-state index contributed by atoms with van der Waals surface area (Å²) >= 11 is 0. The van der Waals surface area contributed by atoms with Gasteiger partial charge in [0.2, 0.25) is 0 Å². The molecule has 0 radical (unpaired) electrons. The van der Waals surface area contributed by atoms with Gasteiger partial charge in [-0.1, -0.05) is 331 Å². The second-order valence-corrected chi connectivity index (χ2v) is 23.8. The highest BCUT2D eigenvalue weighted by molar-refractivity contribution is 5.71. The predicted molar refractivity (Wildman–Crippen MR) is 358 cm³/mol. The third-order valence-corrected chi connectivity index (χ3v) is 15.6. The molecule has 0 aromatic carbocycles. The van der Waals surface area contributed by atoms with Crippen LogP contribution in [0.2, 0.25) is 0 Å². The maximum absolute atomic E-state index is 12.9. The quantitative estimate of drug-likeness (QED) is 0.0261. The molecule has 0 heterocycles. The van der Waals surface area contributed by atoms with E-state index in [0.717, 1.165) is 109 Å². The van der Waals surface area contributed by atoms with E-state index >= 15 is 0 Å². The number of unbranched alkanes of at least 4 members (excludes halogenated alkanes) is 40. The van der Waals surface area contributed by atoms with Crippen molar-refractivity contribution in [3.05, 3.63) is 85.1 Å². The van der Waals surface area contributed by atoms with Crippen LogP contribution < -0.4 is 0 Å². The Labute approximate surface area is 509 Å². The lowest BCUT2D eigenvalue weighted by molar-refractivity contribution is -0.167. The molecule has 0 spiro atoms. The van der Waals surface area contributed by atoms with Crippen molar-refractivity contribution in [1.82, 2.24) is 0 Å². The van der Waals surface area contributed by atoms with Gasteiger partial charge in [-0.25, -0.2) is 0 Å². The molecule has 82 heavy (non-hydrogen) atoms. The van der Waals surface area contributed by atoms with Gasteiger partial charge in [-0.2, -0.15) is 0 Å². The fourth-order valence-corrected chi connectivity index (χ4v) is 10.3. The molecule has 1 unspecified atom stereocenters. The van der Waals surface area contributed by atoms with Crippen molar-refractivity contribution in [1.29, 1.82) is 0 Å². The summed E-state index contributed by atoms with van der Waals surface area (Å²) in [7, 11) is 0. The first-order valence-electron chi connectivity index (χ1n) is 35.6. The van der Waals surface area contributed by atoms with Gasteiger partial charge in [0.25, 0.3) is 0 Å². The van der Waals surface area contributed by atoms with Crippen LogP contribution in [0.15, 0.2) is 85.1 Å². The third kappa shape index (κ3) is 67.4. The Morgan fingerprint density at radius 2 is 0.476 bits per heavy atom. The summed E-state index contributed by atoms with van der Waals surface area (Å²) in [6.45, 7) is 6.55. The lowest BCUT2D eigenvalue weighted by Crippen LogP contribution is -2.30. The first-order chi connectivity index (χ1) is 40.5. The standard InChI is InChI=1S/C76H134O6/c1-4-7-10-13-16-19-22-25-27-29-31-33-35-36-37-38-39-40-42-43-45-47-49-51-54-57-60-63-66-69-75(78)81-72-73(71-80-74(77)68-65-62-59-56-53-24-21-18-15-12-9-6-3)82-76(79)70-67-64-61-58-55-52-50-48-46-44-41-34-32-30-28-26-23-20-17-14-11-8-5-2/h8,11,17,20,26,28-29,31-32,34,44,46,50,52,73H,4-7,9-10,12-16,18-19,21-25,27,30,33,35-43,45,47-49,51,53-72H2,1-3H3/b11-8-,20-17-,28-26-,31-29-,34-32-,46-44-,52-50-. The van der Waals surface area contributed by atoms with Crippen LogP contribution >= 0.6 is 0 Å². The fourth-order valence-electron chi connectivity index (χ4n) is 10.3. The van der Waals surface area contributed by atoms with E-state index in [2.05, 4.69) is 106 Å². The molecule has 1 atom stereocenters. The molecule has 0 saturated carbocycles. The van der Waals surface area contributed by atoms with Gasteiger partial charge in [-0.05, 0) is 96.3 Å². The monoisotopic (exact) mass is 1140 g/mol. The van der Waals surface area contributed by atoms with Crippen molar-refractivity contribution < 1.29 is 28.6 Å². The number of carbonyl (C=O) groups is 3. The van der Waals surface area contributed by atoms with Crippen LogP contribution in [0.4, 0.5) is 0 Å². The minimum atomic E-state index is -0.790. The normalized spacial score (nSPS) is 12.6. The number of rotatable bonds is 65. The van der Waals surface area contributed by atoms with E-state index in [-0.39, 0.29) is 31.1 Å². The zero-order valence-electron chi connectivity index (χ0n) is 54.5. The molecule has 6 nitrogen and oxygen atoms in total. The number of hydrogen-bond donors (Lipinski definition) is 0. The topological polar surface area (TPSA) is 78.9 Å². The lowest BCUT2D eigenvalue weighted by atomic mass is 10.0. The SMILES string of the molecule is CC/C=C\C/C=C\C/C=C\C/C=C\C/C=C\C/C=C\CCCCCCC(=O)OC(COC(=O)CCCCCCCCCCCCCC)COC(=O)CCCCCCCCCCCCCCCCCCC/C=C\CCCCCCCCCC.